The van der Waals surface area contributed by atoms with E-state index < -0.39 is 11.7 Å². The van der Waals surface area contributed by atoms with Crippen molar-refractivity contribution in [3.63, 3.8) is 0 Å². The Bertz CT molecular complexity index is 804. The van der Waals surface area contributed by atoms with E-state index >= 15 is 0 Å². The molecule has 0 aromatic carbocycles. The zero-order valence-electron chi connectivity index (χ0n) is 14.5. The standard InChI is InChI=1S/C18H20F3N5O/c19-18(20,21)14-4-2-7-23-16(14)25-11-13-3-1-8-24-17(13)26-9-5-12(6-10-26)15(22)27/h1-4,7-8,12H,5-6,9-11H2,(H2,22,27)(H,23,25). The SMILES string of the molecule is NC(=O)C1CCN(c2ncccc2CNc2ncccc2C(F)(F)F)CC1. The van der Waals surface area contributed by atoms with Crippen LogP contribution in [0.25, 0.3) is 0 Å². The summed E-state index contributed by atoms with van der Waals surface area (Å²) in [6.45, 7) is 1.39. The molecule has 1 saturated heterocycles. The smallest absolute Gasteiger partial charge is 0.369 e. The van der Waals surface area contributed by atoms with Crippen LogP contribution in [-0.2, 0) is 17.5 Å². The number of aromatic nitrogens is 2. The summed E-state index contributed by atoms with van der Waals surface area (Å²) in [6, 6.07) is 5.80. The molecule has 3 rings (SSSR count). The Morgan fingerprint density at radius 1 is 1.19 bits per heavy atom. The number of nitrogens with two attached hydrogens (primary N) is 1. The third-order valence-electron chi connectivity index (χ3n) is 4.62. The molecule has 0 unspecified atom stereocenters. The molecule has 144 valence electrons. The van der Waals surface area contributed by atoms with Crippen LogP contribution in [0.15, 0.2) is 36.7 Å². The number of hydrogen-bond acceptors (Lipinski definition) is 5. The van der Waals surface area contributed by atoms with Gasteiger partial charge >= 0.3 is 6.18 Å². The van der Waals surface area contributed by atoms with Gasteiger partial charge in [0.15, 0.2) is 0 Å². The molecule has 1 aliphatic heterocycles. The minimum Gasteiger partial charge on any atom is -0.369 e. The summed E-state index contributed by atoms with van der Waals surface area (Å²) < 4.78 is 39.3. The van der Waals surface area contributed by atoms with Crippen molar-refractivity contribution in [1.29, 1.82) is 0 Å². The molecular weight excluding hydrogens is 359 g/mol. The van der Waals surface area contributed by atoms with E-state index in [2.05, 4.69) is 15.3 Å². The van der Waals surface area contributed by atoms with Crippen molar-refractivity contribution >= 4 is 17.5 Å². The van der Waals surface area contributed by atoms with E-state index in [0.717, 1.165) is 11.6 Å². The van der Waals surface area contributed by atoms with Crippen LogP contribution < -0.4 is 16.0 Å². The number of primary amides is 1. The number of pyridine rings is 2. The molecule has 2 aromatic heterocycles. The number of rotatable bonds is 5. The lowest BCUT2D eigenvalue weighted by Crippen LogP contribution is -2.39. The normalized spacial score (nSPS) is 15.6. The van der Waals surface area contributed by atoms with Crippen LogP contribution in [0.2, 0.25) is 0 Å². The largest absolute Gasteiger partial charge is 0.419 e. The maximum absolute atomic E-state index is 13.1. The molecule has 3 heterocycles. The van der Waals surface area contributed by atoms with E-state index in [1.165, 1.54) is 12.3 Å². The lowest BCUT2D eigenvalue weighted by atomic mass is 9.96. The van der Waals surface area contributed by atoms with Crippen LogP contribution in [0.1, 0.15) is 24.0 Å². The van der Waals surface area contributed by atoms with E-state index in [1.807, 2.05) is 11.0 Å². The van der Waals surface area contributed by atoms with Crippen molar-refractivity contribution in [1.82, 2.24) is 9.97 Å². The van der Waals surface area contributed by atoms with Crippen molar-refractivity contribution in [3.05, 3.63) is 47.8 Å². The molecule has 9 heteroatoms. The first-order valence-corrected chi connectivity index (χ1v) is 8.60. The van der Waals surface area contributed by atoms with E-state index in [9.17, 15) is 18.0 Å². The molecule has 0 saturated carbocycles. The zero-order chi connectivity index (χ0) is 19.4. The first kappa shape index (κ1) is 18.9. The van der Waals surface area contributed by atoms with Gasteiger partial charge in [-0.15, -0.1) is 0 Å². The van der Waals surface area contributed by atoms with E-state index in [4.69, 9.17) is 5.73 Å². The Kier molecular flexibility index (Phi) is 5.48. The molecule has 27 heavy (non-hydrogen) atoms. The van der Waals surface area contributed by atoms with Crippen molar-refractivity contribution in [2.24, 2.45) is 11.7 Å². The number of piperidine rings is 1. The van der Waals surface area contributed by atoms with Gasteiger partial charge in [-0.3, -0.25) is 4.79 Å². The van der Waals surface area contributed by atoms with Gasteiger partial charge in [-0.25, -0.2) is 9.97 Å². The zero-order valence-corrected chi connectivity index (χ0v) is 14.5. The number of hydrogen-bond donors (Lipinski definition) is 2. The van der Waals surface area contributed by atoms with Crippen LogP contribution in [0, 0.1) is 5.92 Å². The maximum atomic E-state index is 13.1. The van der Waals surface area contributed by atoms with Crippen molar-refractivity contribution in [2.75, 3.05) is 23.3 Å². The van der Waals surface area contributed by atoms with Gasteiger partial charge in [-0.2, -0.15) is 13.2 Å². The van der Waals surface area contributed by atoms with Gasteiger partial charge in [0.2, 0.25) is 5.91 Å². The third kappa shape index (κ3) is 4.47. The first-order chi connectivity index (χ1) is 12.9. The van der Waals surface area contributed by atoms with Crippen LogP contribution in [-0.4, -0.2) is 29.0 Å². The minimum atomic E-state index is -4.48. The highest BCUT2D eigenvalue weighted by molar-refractivity contribution is 5.77. The number of carbonyl (C=O) groups excluding carboxylic acids is 1. The number of nitrogens with zero attached hydrogens (tertiary/aromatic N) is 3. The Balaban J connectivity index is 1.74. The maximum Gasteiger partial charge on any atom is 0.419 e. The topological polar surface area (TPSA) is 84.1 Å². The number of anilines is 2. The predicted octanol–water partition coefficient (Wildman–Crippen LogP) is 2.81. The summed E-state index contributed by atoms with van der Waals surface area (Å²) in [6.07, 6.45) is -0.253. The van der Waals surface area contributed by atoms with Gasteiger partial charge < -0.3 is 16.0 Å². The molecular formula is C18H20F3N5O. The lowest BCUT2D eigenvalue weighted by Gasteiger charge is -2.32. The molecule has 0 bridgehead atoms. The van der Waals surface area contributed by atoms with E-state index in [-0.39, 0.29) is 24.2 Å². The van der Waals surface area contributed by atoms with Crippen LogP contribution in [0.3, 0.4) is 0 Å². The van der Waals surface area contributed by atoms with Gasteiger partial charge in [0.25, 0.3) is 0 Å². The summed E-state index contributed by atoms with van der Waals surface area (Å²) in [5.74, 6) is 0.0337. The number of carbonyl (C=O) groups is 1. The molecule has 6 nitrogen and oxygen atoms in total. The quantitative estimate of drug-likeness (QED) is 0.835. The second-order valence-electron chi connectivity index (χ2n) is 6.40. The fourth-order valence-corrected chi connectivity index (χ4v) is 3.18. The Morgan fingerprint density at radius 2 is 1.85 bits per heavy atom. The number of alkyl halides is 3. The third-order valence-corrected chi connectivity index (χ3v) is 4.62. The highest BCUT2D eigenvalue weighted by atomic mass is 19.4. The molecule has 1 amide bonds. The summed E-state index contributed by atoms with van der Waals surface area (Å²) in [5.41, 5.74) is 5.31. The molecule has 1 fully saturated rings. The second kappa shape index (κ2) is 7.81. The monoisotopic (exact) mass is 379 g/mol. The molecule has 0 atom stereocenters. The molecule has 0 aliphatic carbocycles. The molecule has 3 N–H and O–H groups in total. The van der Waals surface area contributed by atoms with Crippen LogP contribution in [0.4, 0.5) is 24.8 Å². The molecule has 0 radical (unpaired) electrons. The Hall–Kier alpha value is -2.84. The van der Waals surface area contributed by atoms with Gasteiger partial charge in [0.05, 0.1) is 5.56 Å². The average Bonchev–Trinajstić information content (AvgIpc) is 2.66. The summed E-state index contributed by atoms with van der Waals surface area (Å²) >= 11 is 0. The van der Waals surface area contributed by atoms with Gasteiger partial charge in [0.1, 0.15) is 11.6 Å². The number of halogens is 3. The molecule has 1 aliphatic rings. The fraction of sp³-hybridized carbons (Fsp3) is 0.389. The Morgan fingerprint density at radius 3 is 2.52 bits per heavy atom. The number of amides is 1. The van der Waals surface area contributed by atoms with Crippen LogP contribution in [0.5, 0.6) is 0 Å². The predicted molar refractivity (Wildman–Crippen MR) is 94.9 cm³/mol. The lowest BCUT2D eigenvalue weighted by molar-refractivity contribution is -0.137. The highest BCUT2D eigenvalue weighted by Crippen LogP contribution is 2.34. The summed E-state index contributed by atoms with van der Waals surface area (Å²) in [5, 5.41) is 2.77. The Labute approximate surface area is 154 Å². The minimum absolute atomic E-state index is 0.144. The average molecular weight is 379 g/mol. The van der Waals surface area contributed by atoms with Gasteiger partial charge in [-0.05, 0) is 31.0 Å². The van der Waals surface area contributed by atoms with Crippen molar-refractivity contribution in [3.8, 4) is 0 Å². The van der Waals surface area contributed by atoms with Crippen LogP contribution >= 0.6 is 0 Å². The van der Waals surface area contributed by atoms with E-state index in [0.29, 0.717) is 31.7 Å². The fourth-order valence-electron chi connectivity index (χ4n) is 3.18. The van der Waals surface area contributed by atoms with Crippen molar-refractivity contribution in [2.45, 2.75) is 25.6 Å². The second-order valence-corrected chi connectivity index (χ2v) is 6.40. The van der Waals surface area contributed by atoms with Gasteiger partial charge in [0, 0.05) is 43.5 Å². The van der Waals surface area contributed by atoms with E-state index in [1.54, 1.807) is 12.3 Å². The first-order valence-electron chi connectivity index (χ1n) is 8.60. The number of nitrogens with one attached hydrogen (secondary N) is 1. The molecule has 0 spiro atoms. The summed E-state index contributed by atoms with van der Waals surface area (Å²) in [7, 11) is 0. The molecule has 2 aromatic rings. The van der Waals surface area contributed by atoms with Crippen molar-refractivity contribution < 1.29 is 18.0 Å². The van der Waals surface area contributed by atoms with Gasteiger partial charge in [-0.1, -0.05) is 6.07 Å². The summed E-state index contributed by atoms with van der Waals surface area (Å²) in [4.78, 5) is 21.5. The highest BCUT2D eigenvalue weighted by Gasteiger charge is 2.34.